The Labute approximate surface area is 202 Å². The highest BCUT2D eigenvalue weighted by Gasteiger charge is 2.45. The lowest BCUT2D eigenvalue weighted by Gasteiger charge is -2.51. The van der Waals surface area contributed by atoms with Crippen molar-refractivity contribution in [1.29, 1.82) is 0 Å². The van der Waals surface area contributed by atoms with Gasteiger partial charge in [0.1, 0.15) is 12.2 Å². The van der Waals surface area contributed by atoms with Gasteiger partial charge in [-0.1, -0.05) is 6.07 Å². The number of thiophene rings is 1. The number of carbonyl (C=O) groups excluding carboxylic acids is 1. The standard InChI is InChI=1S/C23H21F2N3O4S2/c1-12-13(3-4-14(24)18(12)25)19(22-16(33-2)6-10-34-22)28-17-11-32-9-8-26(17)23(31)20-21(30)15(29)5-7-27(20)28/h3-7,10,17,19,30H,8-9,11H2,1-2H3/t17-,19+/m1/s1. The summed E-state index contributed by atoms with van der Waals surface area (Å²) in [6.07, 6.45) is 2.74. The minimum atomic E-state index is -0.950. The average Bonchev–Trinajstić information content (AvgIpc) is 3.31. The van der Waals surface area contributed by atoms with Crippen LogP contribution in [-0.4, -0.2) is 52.8 Å². The summed E-state index contributed by atoms with van der Waals surface area (Å²) < 4.78 is 36.0. The van der Waals surface area contributed by atoms with Gasteiger partial charge < -0.3 is 14.7 Å². The molecule has 4 heterocycles. The Hall–Kier alpha value is -2.89. The fraction of sp³-hybridized carbons (Fsp3) is 0.304. The van der Waals surface area contributed by atoms with E-state index in [-0.39, 0.29) is 24.4 Å². The van der Waals surface area contributed by atoms with Gasteiger partial charge in [0.25, 0.3) is 5.91 Å². The third-order valence-electron chi connectivity index (χ3n) is 6.24. The van der Waals surface area contributed by atoms with E-state index in [0.717, 1.165) is 15.8 Å². The van der Waals surface area contributed by atoms with Gasteiger partial charge in [-0.15, -0.1) is 23.1 Å². The first-order chi connectivity index (χ1) is 16.3. The zero-order chi connectivity index (χ0) is 24.1. The number of aromatic hydroxyl groups is 1. The molecule has 1 aromatic carbocycles. The molecular formula is C23H21F2N3O4S2. The second-order valence-electron chi connectivity index (χ2n) is 7.99. The summed E-state index contributed by atoms with van der Waals surface area (Å²) in [5.41, 5.74) is -0.205. The molecule has 1 fully saturated rings. The smallest absolute Gasteiger partial charge is 0.278 e. The van der Waals surface area contributed by atoms with Gasteiger partial charge in [0.2, 0.25) is 5.43 Å². The number of rotatable bonds is 4. The molecule has 0 unspecified atom stereocenters. The van der Waals surface area contributed by atoms with Gasteiger partial charge in [-0.2, -0.15) is 0 Å². The number of hydrogen-bond acceptors (Lipinski definition) is 7. The first-order valence-electron chi connectivity index (χ1n) is 10.5. The number of amides is 1. The highest BCUT2D eigenvalue weighted by molar-refractivity contribution is 7.98. The Morgan fingerprint density at radius 1 is 1.24 bits per heavy atom. The largest absolute Gasteiger partial charge is 0.502 e. The van der Waals surface area contributed by atoms with Crippen LogP contribution in [-0.2, 0) is 4.74 Å². The number of nitrogens with zero attached hydrogens (tertiary/aromatic N) is 3. The maximum absolute atomic E-state index is 14.8. The van der Waals surface area contributed by atoms with Crippen LogP contribution < -0.4 is 10.4 Å². The molecule has 1 saturated heterocycles. The van der Waals surface area contributed by atoms with E-state index >= 15 is 0 Å². The van der Waals surface area contributed by atoms with Crippen LogP contribution in [0.25, 0.3) is 0 Å². The molecule has 0 radical (unpaired) electrons. The number of morpholine rings is 1. The molecule has 1 amide bonds. The van der Waals surface area contributed by atoms with Crippen molar-refractivity contribution in [3.05, 3.63) is 79.4 Å². The molecular weight excluding hydrogens is 484 g/mol. The van der Waals surface area contributed by atoms with Gasteiger partial charge in [-0.25, -0.2) is 8.78 Å². The van der Waals surface area contributed by atoms with Crippen molar-refractivity contribution in [1.82, 2.24) is 9.58 Å². The summed E-state index contributed by atoms with van der Waals surface area (Å²) in [5, 5.41) is 14.3. The summed E-state index contributed by atoms with van der Waals surface area (Å²) in [6, 6.07) is 5.08. The zero-order valence-corrected chi connectivity index (χ0v) is 20.0. The SMILES string of the molecule is CSc1ccsc1[C@H](c1ccc(F)c(F)c1C)N1[C@@H]2COCCN2C(=O)c2c(O)c(=O)ccn21. The first kappa shape index (κ1) is 22.9. The highest BCUT2D eigenvalue weighted by Crippen LogP contribution is 2.42. The molecule has 0 bridgehead atoms. The zero-order valence-electron chi connectivity index (χ0n) is 18.3. The predicted molar refractivity (Wildman–Crippen MR) is 125 cm³/mol. The number of fused-ring (bicyclic) bond motifs is 2. The number of benzene rings is 1. The van der Waals surface area contributed by atoms with Crippen LogP contribution in [0.2, 0.25) is 0 Å². The molecule has 2 aromatic heterocycles. The second-order valence-corrected chi connectivity index (χ2v) is 9.78. The van der Waals surface area contributed by atoms with Gasteiger partial charge in [-0.05, 0) is 41.8 Å². The molecule has 0 saturated carbocycles. The van der Waals surface area contributed by atoms with Crippen LogP contribution >= 0.6 is 23.1 Å². The van der Waals surface area contributed by atoms with Crippen molar-refractivity contribution < 1.29 is 23.4 Å². The van der Waals surface area contributed by atoms with Crippen molar-refractivity contribution in [2.45, 2.75) is 24.0 Å². The van der Waals surface area contributed by atoms with Crippen LogP contribution in [0.4, 0.5) is 8.78 Å². The minimum Gasteiger partial charge on any atom is -0.502 e. The maximum Gasteiger partial charge on any atom is 0.278 e. The summed E-state index contributed by atoms with van der Waals surface area (Å²) in [7, 11) is 0. The molecule has 7 nitrogen and oxygen atoms in total. The second kappa shape index (κ2) is 8.71. The van der Waals surface area contributed by atoms with Crippen LogP contribution in [0, 0.1) is 18.6 Å². The van der Waals surface area contributed by atoms with Crippen molar-refractivity contribution in [2.75, 3.05) is 31.0 Å². The summed E-state index contributed by atoms with van der Waals surface area (Å²) in [6.45, 7) is 2.24. The van der Waals surface area contributed by atoms with Gasteiger partial charge in [0, 0.05) is 28.6 Å². The van der Waals surface area contributed by atoms with Crippen LogP contribution in [0.3, 0.4) is 0 Å². The molecule has 2 aliphatic heterocycles. The van der Waals surface area contributed by atoms with Crippen molar-refractivity contribution in [2.24, 2.45) is 0 Å². The monoisotopic (exact) mass is 505 g/mol. The maximum atomic E-state index is 14.8. The lowest BCUT2D eigenvalue weighted by atomic mass is 9.97. The highest BCUT2D eigenvalue weighted by atomic mass is 32.2. The number of pyridine rings is 1. The molecule has 0 spiro atoms. The van der Waals surface area contributed by atoms with E-state index in [0.29, 0.717) is 12.2 Å². The Bertz CT molecular complexity index is 1340. The summed E-state index contributed by atoms with van der Waals surface area (Å²) in [4.78, 5) is 28.9. The third kappa shape index (κ3) is 3.41. The quantitative estimate of drug-likeness (QED) is 0.548. The molecule has 5 rings (SSSR count). The number of hydrogen-bond donors (Lipinski definition) is 1. The Morgan fingerprint density at radius 3 is 2.79 bits per heavy atom. The summed E-state index contributed by atoms with van der Waals surface area (Å²) >= 11 is 2.97. The van der Waals surface area contributed by atoms with Crippen LogP contribution in [0.15, 0.2) is 45.5 Å². The lowest BCUT2D eigenvalue weighted by molar-refractivity contribution is -0.0196. The Balaban J connectivity index is 1.83. The predicted octanol–water partition coefficient (Wildman–Crippen LogP) is 3.46. The first-order valence-corrected chi connectivity index (χ1v) is 12.6. The van der Waals surface area contributed by atoms with Crippen molar-refractivity contribution in [3.63, 3.8) is 0 Å². The average molecular weight is 506 g/mol. The fourth-order valence-corrected chi connectivity index (χ4v) is 6.47. The molecule has 2 atom stereocenters. The summed E-state index contributed by atoms with van der Waals surface area (Å²) in [5.74, 6) is -3.04. The van der Waals surface area contributed by atoms with Gasteiger partial charge in [-0.3, -0.25) is 19.3 Å². The molecule has 34 heavy (non-hydrogen) atoms. The topological polar surface area (TPSA) is 75.0 Å². The fourth-order valence-electron chi connectivity index (χ4n) is 4.58. The van der Waals surface area contributed by atoms with E-state index < -0.39 is 40.9 Å². The van der Waals surface area contributed by atoms with E-state index in [9.17, 15) is 23.5 Å². The molecule has 2 aliphatic rings. The Kier molecular flexibility index (Phi) is 5.86. The minimum absolute atomic E-state index is 0.137. The van der Waals surface area contributed by atoms with Crippen LogP contribution in [0.1, 0.15) is 32.5 Å². The number of ether oxygens (including phenoxy) is 1. The van der Waals surface area contributed by atoms with Crippen molar-refractivity contribution >= 4 is 29.0 Å². The third-order valence-corrected chi connectivity index (χ3v) is 8.13. The van der Waals surface area contributed by atoms with E-state index in [1.807, 2.05) is 17.7 Å². The Morgan fingerprint density at radius 2 is 2.03 bits per heavy atom. The number of halogens is 2. The van der Waals surface area contributed by atoms with E-state index in [1.54, 1.807) is 9.91 Å². The molecule has 1 N–H and O–H groups in total. The number of thioether (sulfide) groups is 1. The normalized spacial score (nSPS) is 18.6. The molecule has 11 heteroatoms. The molecule has 0 aliphatic carbocycles. The van der Waals surface area contributed by atoms with E-state index in [1.165, 1.54) is 53.0 Å². The van der Waals surface area contributed by atoms with Crippen LogP contribution in [0.5, 0.6) is 5.75 Å². The van der Waals surface area contributed by atoms with Crippen molar-refractivity contribution in [3.8, 4) is 5.75 Å². The van der Waals surface area contributed by atoms with Gasteiger partial charge in [0.05, 0.1) is 13.2 Å². The lowest BCUT2D eigenvalue weighted by Crippen LogP contribution is -2.66. The number of carbonyl (C=O) groups is 1. The van der Waals surface area contributed by atoms with Gasteiger partial charge >= 0.3 is 0 Å². The van der Waals surface area contributed by atoms with E-state index in [2.05, 4.69) is 0 Å². The number of aromatic nitrogens is 1. The molecule has 3 aromatic rings. The molecule has 178 valence electrons. The van der Waals surface area contributed by atoms with E-state index in [4.69, 9.17) is 4.74 Å². The van der Waals surface area contributed by atoms with Gasteiger partial charge in [0.15, 0.2) is 23.1 Å².